The van der Waals surface area contributed by atoms with Crippen molar-refractivity contribution < 1.29 is 14.3 Å². The summed E-state index contributed by atoms with van der Waals surface area (Å²) in [5, 5.41) is 6.01. The average Bonchev–Trinajstić information content (AvgIpc) is 3.60. The zero-order valence-corrected chi connectivity index (χ0v) is 18.1. The quantitative estimate of drug-likeness (QED) is 0.693. The molecule has 1 saturated heterocycles. The Bertz CT molecular complexity index is 900. The van der Waals surface area contributed by atoms with Gasteiger partial charge in [-0.3, -0.25) is 4.79 Å². The number of nitrogens with zero attached hydrogens (tertiary/aromatic N) is 1. The number of ether oxygens (including phenoxy) is 1. The first-order chi connectivity index (χ1) is 15.1. The van der Waals surface area contributed by atoms with Gasteiger partial charge in [0.1, 0.15) is 5.75 Å². The van der Waals surface area contributed by atoms with Gasteiger partial charge in [-0.25, -0.2) is 4.79 Å². The van der Waals surface area contributed by atoms with Crippen molar-refractivity contribution >= 4 is 17.6 Å². The van der Waals surface area contributed by atoms with E-state index in [0.29, 0.717) is 30.0 Å². The van der Waals surface area contributed by atoms with E-state index in [-0.39, 0.29) is 11.9 Å². The van der Waals surface area contributed by atoms with Gasteiger partial charge in [0.2, 0.25) is 0 Å². The van der Waals surface area contributed by atoms with Crippen LogP contribution in [0.3, 0.4) is 0 Å². The van der Waals surface area contributed by atoms with Crippen LogP contribution in [0.2, 0.25) is 0 Å². The van der Waals surface area contributed by atoms with Crippen LogP contribution in [-0.2, 0) is 6.42 Å². The molecule has 0 unspecified atom stereocenters. The topological polar surface area (TPSA) is 70.7 Å². The number of rotatable bonds is 7. The summed E-state index contributed by atoms with van der Waals surface area (Å²) in [4.78, 5) is 26.7. The van der Waals surface area contributed by atoms with Crippen LogP contribution in [0.15, 0.2) is 48.5 Å². The van der Waals surface area contributed by atoms with E-state index in [1.807, 2.05) is 48.2 Å². The molecule has 6 heteroatoms. The average molecular weight is 422 g/mol. The van der Waals surface area contributed by atoms with Crippen LogP contribution in [0, 0.1) is 5.92 Å². The fraction of sp³-hybridized carbons (Fsp3) is 0.440. The van der Waals surface area contributed by atoms with Gasteiger partial charge in [-0.05, 0) is 74.8 Å². The zero-order valence-electron chi connectivity index (χ0n) is 18.1. The maximum Gasteiger partial charge on any atom is 0.321 e. The van der Waals surface area contributed by atoms with Gasteiger partial charge in [0.25, 0.3) is 5.91 Å². The number of benzene rings is 2. The van der Waals surface area contributed by atoms with Crippen molar-refractivity contribution in [1.82, 2.24) is 10.2 Å². The van der Waals surface area contributed by atoms with Crippen LogP contribution in [0.4, 0.5) is 10.5 Å². The highest BCUT2D eigenvalue weighted by atomic mass is 16.5. The monoisotopic (exact) mass is 421 g/mol. The van der Waals surface area contributed by atoms with E-state index in [2.05, 4.69) is 22.8 Å². The van der Waals surface area contributed by atoms with E-state index in [1.54, 1.807) is 0 Å². The Labute approximate surface area is 184 Å². The molecule has 1 aliphatic heterocycles. The lowest BCUT2D eigenvalue weighted by Crippen LogP contribution is -2.41. The Morgan fingerprint density at radius 1 is 1.00 bits per heavy atom. The number of hydrogen-bond donors (Lipinski definition) is 2. The van der Waals surface area contributed by atoms with Gasteiger partial charge in [0.15, 0.2) is 0 Å². The van der Waals surface area contributed by atoms with Crippen molar-refractivity contribution in [2.45, 2.75) is 45.1 Å². The van der Waals surface area contributed by atoms with Crippen LogP contribution in [0.5, 0.6) is 5.75 Å². The second kappa shape index (κ2) is 9.86. The minimum atomic E-state index is -0.0726. The SMILES string of the molecule is CCOc1ccccc1NC(=O)N1CCC(Cc2ccc(C(=O)NC3CC3)cc2)CC1. The van der Waals surface area contributed by atoms with E-state index < -0.39 is 0 Å². The van der Waals surface area contributed by atoms with Crippen molar-refractivity contribution in [2.24, 2.45) is 5.92 Å². The summed E-state index contributed by atoms with van der Waals surface area (Å²) in [6.07, 6.45) is 5.13. The Hall–Kier alpha value is -3.02. The molecule has 0 radical (unpaired) electrons. The molecule has 3 amide bonds. The van der Waals surface area contributed by atoms with E-state index >= 15 is 0 Å². The minimum absolute atomic E-state index is 0.0271. The van der Waals surface area contributed by atoms with Crippen LogP contribution >= 0.6 is 0 Å². The molecule has 2 aliphatic rings. The van der Waals surface area contributed by atoms with Gasteiger partial charge in [0, 0.05) is 24.7 Å². The van der Waals surface area contributed by atoms with Crippen molar-refractivity contribution in [3.8, 4) is 5.75 Å². The molecule has 2 aromatic rings. The van der Waals surface area contributed by atoms with E-state index in [4.69, 9.17) is 4.74 Å². The summed E-state index contributed by atoms with van der Waals surface area (Å²) in [7, 11) is 0. The highest BCUT2D eigenvalue weighted by molar-refractivity contribution is 5.94. The van der Waals surface area contributed by atoms with Crippen LogP contribution in [0.25, 0.3) is 0 Å². The number of hydrogen-bond acceptors (Lipinski definition) is 3. The summed E-state index contributed by atoms with van der Waals surface area (Å²) in [6, 6.07) is 15.8. The number of piperidine rings is 1. The molecular formula is C25H31N3O3. The van der Waals surface area contributed by atoms with E-state index in [9.17, 15) is 9.59 Å². The number of carbonyl (C=O) groups is 2. The summed E-state index contributed by atoms with van der Waals surface area (Å²) in [5.74, 6) is 1.27. The Kier molecular flexibility index (Phi) is 6.75. The third-order valence-corrected chi connectivity index (χ3v) is 5.98. The van der Waals surface area contributed by atoms with E-state index in [0.717, 1.165) is 50.8 Å². The molecule has 0 atom stereocenters. The maximum atomic E-state index is 12.7. The number of likely N-dealkylation sites (tertiary alicyclic amines) is 1. The van der Waals surface area contributed by atoms with Gasteiger partial charge in [-0.1, -0.05) is 24.3 Å². The Morgan fingerprint density at radius 2 is 1.71 bits per heavy atom. The summed E-state index contributed by atoms with van der Waals surface area (Å²) in [6.45, 7) is 3.98. The van der Waals surface area contributed by atoms with Gasteiger partial charge < -0.3 is 20.3 Å². The third-order valence-electron chi connectivity index (χ3n) is 5.98. The lowest BCUT2D eigenvalue weighted by atomic mass is 9.90. The largest absolute Gasteiger partial charge is 0.492 e. The van der Waals surface area contributed by atoms with Crippen molar-refractivity contribution in [3.63, 3.8) is 0 Å². The molecule has 0 bridgehead atoms. The molecule has 31 heavy (non-hydrogen) atoms. The second-order valence-electron chi connectivity index (χ2n) is 8.44. The summed E-state index contributed by atoms with van der Waals surface area (Å²) < 4.78 is 5.60. The molecule has 1 aliphatic carbocycles. The Balaban J connectivity index is 1.25. The minimum Gasteiger partial charge on any atom is -0.492 e. The molecular weight excluding hydrogens is 390 g/mol. The standard InChI is InChI=1S/C25H31N3O3/c1-2-31-23-6-4-3-5-22(23)27-25(30)28-15-13-19(14-16-28)17-18-7-9-20(10-8-18)24(29)26-21-11-12-21/h3-10,19,21H,2,11-17H2,1H3,(H,26,29)(H,27,30). The number of amides is 3. The predicted octanol–water partition coefficient (Wildman–Crippen LogP) is 4.46. The van der Waals surface area contributed by atoms with Crippen molar-refractivity contribution in [3.05, 3.63) is 59.7 Å². The number of carbonyl (C=O) groups excluding carboxylic acids is 2. The molecule has 0 aromatic heterocycles. The van der Waals surface area contributed by atoms with Gasteiger partial charge >= 0.3 is 6.03 Å². The molecule has 4 rings (SSSR count). The molecule has 2 fully saturated rings. The van der Waals surface area contributed by atoms with Gasteiger partial charge in [-0.15, -0.1) is 0 Å². The lowest BCUT2D eigenvalue weighted by Gasteiger charge is -2.32. The first-order valence-corrected chi connectivity index (χ1v) is 11.3. The molecule has 1 saturated carbocycles. The maximum absolute atomic E-state index is 12.7. The van der Waals surface area contributed by atoms with Crippen LogP contribution < -0.4 is 15.4 Å². The number of para-hydroxylation sites is 2. The van der Waals surface area contributed by atoms with Crippen molar-refractivity contribution in [2.75, 3.05) is 25.0 Å². The number of nitrogens with one attached hydrogen (secondary N) is 2. The molecule has 0 spiro atoms. The fourth-order valence-electron chi connectivity index (χ4n) is 4.01. The van der Waals surface area contributed by atoms with Crippen LogP contribution in [0.1, 0.15) is 48.5 Å². The fourth-order valence-corrected chi connectivity index (χ4v) is 4.01. The highest BCUT2D eigenvalue weighted by Crippen LogP contribution is 2.26. The molecule has 1 heterocycles. The first kappa shape index (κ1) is 21.2. The lowest BCUT2D eigenvalue weighted by molar-refractivity contribution is 0.0951. The molecule has 6 nitrogen and oxygen atoms in total. The van der Waals surface area contributed by atoms with Gasteiger partial charge in [-0.2, -0.15) is 0 Å². The van der Waals surface area contributed by atoms with E-state index in [1.165, 1.54) is 5.56 Å². The second-order valence-corrected chi connectivity index (χ2v) is 8.44. The summed E-state index contributed by atoms with van der Waals surface area (Å²) >= 11 is 0. The zero-order chi connectivity index (χ0) is 21.6. The highest BCUT2D eigenvalue weighted by Gasteiger charge is 2.25. The van der Waals surface area contributed by atoms with Crippen LogP contribution in [-0.4, -0.2) is 42.6 Å². The number of urea groups is 1. The van der Waals surface area contributed by atoms with Gasteiger partial charge in [0.05, 0.1) is 12.3 Å². The Morgan fingerprint density at radius 3 is 2.39 bits per heavy atom. The molecule has 2 aromatic carbocycles. The normalized spacial score (nSPS) is 16.6. The number of anilines is 1. The predicted molar refractivity (Wildman–Crippen MR) is 122 cm³/mol. The van der Waals surface area contributed by atoms with Crippen molar-refractivity contribution in [1.29, 1.82) is 0 Å². The first-order valence-electron chi connectivity index (χ1n) is 11.3. The summed E-state index contributed by atoms with van der Waals surface area (Å²) in [5.41, 5.74) is 2.69. The third kappa shape index (κ3) is 5.78. The molecule has 2 N–H and O–H groups in total. The molecule has 164 valence electrons. The smallest absolute Gasteiger partial charge is 0.321 e.